The smallest absolute Gasteiger partial charge is 0.331 e. The van der Waals surface area contributed by atoms with Gasteiger partial charge < -0.3 is 19.7 Å². The summed E-state index contributed by atoms with van der Waals surface area (Å²) >= 11 is 0. The van der Waals surface area contributed by atoms with Gasteiger partial charge in [0.2, 0.25) is 0 Å². The van der Waals surface area contributed by atoms with Crippen molar-refractivity contribution in [3.63, 3.8) is 0 Å². The molecule has 0 saturated heterocycles. The minimum Gasteiger partial charge on any atom is -0.478 e. The predicted molar refractivity (Wildman–Crippen MR) is 78.1 cm³/mol. The molecule has 0 heterocycles. The van der Waals surface area contributed by atoms with Crippen molar-refractivity contribution >= 4 is 11.9 Å². The first-order valence-electron chi connectivity index (χ1n) is 6.70. The third kappa shape index (κ3) is 7.63. The Labute approximate surface area is 125 Å². The van der Waals surface area contributed by atoms with Gasteiger partial charge in [0.05, 0.1) is 25.9 Å². The molecule has 0 aromatic rings. The SMILES string of the molecule is C=C(C(=O)O)C(C)COCC(C)OCC(C)C(=C)C(=O)O. The lowest BCUT2D eigenvalue weighted by molar-refractivity contribution is -0.134. The van der Waals surface area contributed by atoms with Gasteiger partial charge in [0.1, 0.15) is 0 Å². The summed E-state index contributed by atoms with van der Waals surface area (Å²) < 4.78 is 10.9. The Hall–Kier alpha value is -1.66. The molecule has 0 radical (unpaired) electrons. The molecule has 0 aliphatic heterocycles. The van der Waals surface area contributed by atoms with E-state index in [1.807, 2.05) is 0 Å². The molecule has 3 atom stereocenters. The van der Waals surface area contributed by atoms with Crippen LogP contribution in [0.5, 0.6) is 0 Å². The lowest BCUT2D eigenvalue weighted by Crippen LogP contribution is -2.23. The highest BCUT2D eigenvalue weighted by atomic mass is 16.5. The van der Waals surface area contributed by atoms with E-state index in [-0.39, 0.29) is 42.3 Å². The molecule has 120 valence electrons. The van der Waals surface area contributed by atoms with Gasteiger partial charge >= 0.3 is 11.9 Å². The third-order valence-corrected chi connectivity index (χ3v) is 3.09. The van der Waals surface area contributed by atoms with Gasteiger partial charge in [-0.25, -0.2) is 9.59 Å². The number of aliphatic carboxylic acids is 2. The van der Waals surface area contributed by atoms with Crippen molar-refractivity contribution in [3.05, 3.63) is 24.3 Å². The molecule has 0 saturated carbocycles. The second-order valence-corrected chi connectivity index (χ2v) is 5.14. The normalized spacial score (nSPS) is 15.0. The Bertz CT molecular complexity index is 401. The number of carboxylic acids is 2. The summed E-state index contributed by atoms with van der Waals surface area (Å²) in [5, 5.41) is 17.5. The van der Waals surface area contributed by atoms with E-state index in [9.17, 15) is 9.59 Å². The Morgan fingerprint density at radius 1 is 0.905 bits per heavy atom. The highest BCUT2D eigenvalue weighted by Crippen LogP contribution is 2.11. The third-order valence-electron chi connectivity index (χ3n) is 3.09. The molecule has 0 aliphatic rings. The largest absolute Gasteiger partial charge is 0.478 e. The fourth-order valence-electron chi connectivity index (χ4n) is 1.39. The standard InChI is InChI=1S/C15H24O6/c1-9(12(4)14(16)17)6-20-8-11(3)21-7-10(2)13(5)15(18)19/h9-11H,4-8H2,1-3H3,(H,16,17)(H,18,19). The minimum atomic E-state index is -1.03. The quantitative estimate of drug-likeness (QED) is 0.567. The summed E-state index contributed by atoms with van der Waals surface area (Å²) in [6, 6.07) is 0. The van der Waals surface area contributed by atoms with E-state index >= 15 is 0 Å². The topological polar surface area (TPSA) is 93.1 Å². The highest BCUT2D eigenvalue weighted by Gasteiger charge is 2.16. The van der Waals surface area contributed by atoms with Crippen molar-refractivity contribution in [1.82, 2.24) is 0 Å². The van der Waals surface area contributed by atoms with Crippen LogP contribution in [0.3, 0.4) is 0 Å². The monoisotopic (exact) mass is 300 g/mol. The average Bonchev–Trinajstić information content (AvgIpc) is 2.42. The van der Waals surface area contributed by atoms with Crippen molar-refractivity contribution in [1.29, 1.82) is 0 Å². The van der Waals surface area contributed by atoms with Crippen LogP contribution < -0.4 is 0 Å². The zero-order valence-corrected chi connectivity index (χ0v) is 12.8. The second kappa shape index (κ2) is 9.31. The summed E-state index contributed by atoms with van der Waals surface area (Å²) in [5.41, 5.74) is 0.212. The van der Waals surface area contributed by atoms with Crippen molar-refractivity contribution in [2.45, 2.75) is 26.9 Å². The van der Waals surface area contributed by atoms with Gasteiger partial charge in [-0.2, -0.15) is 0 Å². The molecular weight excluding hydrogens is 276 g/mol. The van der Waals surface area contributed by atoms with E-state index in [1.165, 1.54) is 0 Å². The minimum absolute atomic E-state index is 0.106. The highest BCUT2D eigenvalue weighted by molar-refractivity contribution is 5.86. The van der Waals surface area contributed by atoms with E-state index in [4.69, 9.17) is 19.7 Å². The van der Waals surface area contributed by atoms with E-state index in [2.05, 4.69) is 13.2 Å². The van der Waals surface area contributed by atoms with Gasteiger partial charge in [0, 0.05) is 23.0 Å². The molecular formula is C15H24O6. The summed E-state index contributed by atoms with van der Waals surface area (Å²) in [7, 11) is 0. The maximum Gasteiger partial charge on any atom is 0.331 e. The first kappa shape index (κ1) is 19.3. The van der Waals surface area contributed by atoms with Crippen LogP contribution in [0.2, 0.25) is 0 Å². The molecule has 21 heavy (non-hydrogen) atoms. The van der Waals surface area contributed by atoms with Crippen molar-refractivity contribution < 1.29 is 29.3 Å². The van der Waals surface area contributed by atoms with Crippen LogP contribution >= 0.6 is 0 Å². The number of carboxylic acid groups (broad SMARTS) is 2. The number of carbonyl (C=O) groups is 2. The summed E-state index contributed by atoms with van der Waals surface area (Å²) in [4.78, 5) is 21.4. The molecule has 6 nitrogen and oxygen atoms in total. The molecule has 6 heteroatoms. The molecule has 0 rings (SSSR count). The van der Waals surface area contributed by atoms with Crippen LogP contribution in [0, 0.1) is 11.8 Å². The molecule has 0 aliphatic carbocycles. The molecule has 3 unspecified atom stereocenters. The summed E-state index contributed by atoms with van der Waals surface area (Å²) in [6.07, 6.45) is -0.223. The van der Waals surface area contributed by atoms with E-state index < -0.39 is 11.9 Å². The lowest BCUT2D eigenvalue weighted by Gasteiger charge is -2.18. The fraction of sp³-hybridized carbons (Fsp3) is 0.600. The van der Waals surface area contributed by atoms with Gasteiger partial charge in [-0.3, -0.25) is 0 Å². The van der Waals surface area contributed by atoms with Gasteiger partial charge in [-0.05, 0) is 6.92 Å². The van der Waals surface area contributed by atoms with Crippen molar-refractivity contribution in [2.24, 2.45) is 11.8 Å². The maximum atomic E-state index is 10.7. The number of hydrogen-bond acceptors (Lipinski definition) is 4. The molecule has 0 spiro atoms. The number of rotatable bonds is 11. The number of hydrogen-bond donors (Lipinski definition) is 2. The molecule has 0 amide bonds. The lowest BCUT2D eigenvalue weighted by atomic mass is 10.0. The molecule has 2 N–H and O–H groups in total. The van der Waals surface area contributed by atoms with Crippen LogP contribution in [0.4, 0.5) is 0 Å². The van der Waals surface area contributed by atoms with E-state index in [1.54, 1.807) is 20.8 Å². The summed E-state index contributed by atoms with van der Waals surface area (Å²) in [5.74, 6) is -2.62. The van der Waals surface area contributed by atoms with Crippen LogP contribution in [0.25, 0.3) is 0 Å². The van der Waals surface area contributed by atoms with Gasteiger partial charge in [0.25, 0.3) is 0 Å². The Morgan fingerprint density at radius 3 is 1.76 bits per heavy atom. The first-order valence-corrected chi connectivity index (χ1v) is 6.70. The summed E-state index contributed by atoms with van der Waals surface area (Å²) in [6.45, 7) is 13.0. The van der Waals surface area contributed by atoms with Crippen LogP contribution in [0.1, 0.15) is 20.8 Å². The van der Waals surface area contributed by atoms with Crippen LogP contribution in [-0.2, 0) is 19.1 Å². The van der Waals surface area contributed by atoms with E-state index in [0.717, 1.165) is 0 Å². The van der Waals surface area contributed by atoms with Crippen LogP contribution in [-0.4, -0.2) is 48.1 Å². The Kier molecular flexibility index (Phi) is 8.57. The predicted octanol–water partition coefficient (Wildman–Crippen LogP) is 1.96. The van der Waals surface area contributed by atoms with Crippen LogP contribution in [0.15, 0.2) is 24.3 Å². The Balaban J connectivity index is 3.94. The fourth-order valence-corrected chi connectivity index (χ4v) is 1.39. The van der Waals surface area contributed by atoms with Gasteiger partial charge in [-0.15, -0.1) is 0 Å². The second-order valence-electron chi connectivity index (χ2n) is 5.14. The first-order chi connectivity index (χ1) is 9.66. The molecule has 0 aromatic carbocycles. The van der Waals surface area contributed by atoms with Crippen molar-refractivity contribution in [2.75, 3.05) is 19.8 Å². The molecule has 0 aromatic heterocycles. The molecule has 0 bridgehead atoms. The maximum absolute atomic E-state index is 10.7. The van der Waals surface area contributed by atoms with Crippen molar-refractivity contribution in [3.8, 4) is 0 Å². The van der Waals surface area contributed by atoms with Gasteiger partial charge in [-0.1, -0.05) is 27.0 Å². The Morgan fingerprint density at radius 2 is 1.33 bits per heavy atom. The van der Waals surface area contributed by atoms with Gasteiger partial charge in [0.15, 0.2) is 0 Å². The zero-order chi connectivity index (χ0) is 16.6. The zero-order valence-electron chi connectivity index (χ0n) is 12.8. The number of ether oxygens (including phenoxy) is 2. The van der Waals surface area contributed by atoms with E-state index in [0.29, 0.717) is 6.61 Å². The average molecular weight is 300 g/mol. The molecule has 0 fully saturated rings.